The van der Waals surface area contributed by atoms with Gasteiger partial charge in [0.15, 0.2) is 0 Å². The van der Waals surface area contributed by atoms with Crippen molar-refractivity contribution in [3.8, 4) is 0 Å². The average Bonchev–Trinajstić information content (AvgIpc) is 2.85. The van der Waals surface area contributed by atoms with Crippen LogP contribution in [0, 0.1) is 17.0 Å². The molecule has 0 bridgehead atoms. The second-order valence-corrected chi connectivity index (χ2v) is 3.94. The number of hydrazone groups is 1. The van der Waals surface area contributed by atoms with Crippen molar-refractivity contribution < 1.29 is 14.1 Å². The molecule has 0 aliphatic carbocycles. The van der Waals surface area contributed by atoms with Gasteiger partial charge in [0.2, 0.25) is 0 Å². The normalized spacial score (nSPS) is 10.7. The fraction of sp³-hybridized carbons (Fsp3) is 0.0769. The van der Waals surface area contributed by atoms with E-state index >= 15 is 0 Å². The first kappa shape index (κ1) is 13.5. The molecular formula is C13H11N3O4. The number of hydrogen-bond acceptors (Lipinski definition) is 5. The van der Waals surface area contributed by atoms with Crippen LogP contribution in [0.1, 0.15) is 21.7 Å². The van der Waals surface area contributed by atoms with E-state index in [4.69, 9.17) is 4.42 Å². The molecule has 102 valence electrons. The molecule has 0 saturated heterocycles. The first-order valence-corrected chi connectivity index (χ1v) is 5.70. The van der Waals surface area contributed by atoms with Gasteiger partial charge in [0.05, 0.1) is 23.0 Å². The fourth-order valence-electron chi connectivity index (χ4n) is 1.53. The highest BCUT2D eigenvalue weighted by atomic mass is 16.6. The lowest BCUT2D eigenvalue weighted by atomic mass is 10.2. The van der Waals surface area contributed by atoms with Crippen LogP contribution in [0.5, 0.6) is 0 Å². The van der Waals surface area contributed by atoms with Crippen LogP contribution in [-0.4, -0.2) is 17.0 Å². The van der Waals surface area contributed by atoms with E-state index in [1.165, 1.54) is 36.7 Å². The summed E-state index contributed by atoms with van der Waals surface area (Å²) in [4.78, 5) is 21.7. The van der Waals surface area contributed by atoms with Crippen LogP contribution in [0.4, 0.5) is 5.69 Å². The molecule has 20 heavy (non-hydrogen) atoms. The van der Waals surface area contributed by atoms with Crippen LogP contribution < -0.4 is 5.43 Å². The molecule has 1 aromatic heterocycles. The fourth-order valence-corrected chi connectivity index (χ4v) is 1.53. The molecule has 0 fully saturated rings. The minimum atomic E-state index is -0.482. The SMILES string of the molecule is Cc1occc1C(=O)NN=Cc1ccc([N+](=O)[O-])cc1. The lowest BCUT2D eigenvalue weighted by molar-refractivity contribution is -0.384. The van der Waals surface area contributed by atoms with Gasteiger partial charge in [-0.15, -0.1) is 0 Å². The van der Waals surface area contributed by atoms with Gasteiger partial charge in [0, 0.05) is 12.1 Å². The Balaban J connectivity index is 1.98. The molecule has 7 heteroatoms. The third-order valence-electron chi connectivity index (χ3n) is 2.59. The van der Waals surface area contributed by atoms with Gasteiger partial charge in [0.1, 0.15) is 5.76 Å². The Labute approximate surface area is 114 Å². The van der Waals surface area contributed by atoms with Crippen molar-refractivity contribution in [3.05, 3.63) is 63.6 Å². The zero-order valence-corrected chi connectivity index (χ0v) is 10.6. The lowest BCUT2D eigenvalue weighted by Crippen LogP contribution is -2.17. The Morgan fingerprint density at radius 2 is 2.05 bits per heavy atom. The summed E-state index contributed by atoms with van der Waals surface area (Å²) in [6.45, 7) is 1.68. The molecule has 1 N–H and O–H groups in total. The second-order valence-electron chi connectivity index (χ2n) is 3.94. The Hall–Kier alpha value is -2.96. The number of benzene rings is 1. The molecule has 0 aliphatic rings. The van der Waals surface area contributed by atoms with E-state index in [0.29, 0.717) is 16.9 Å². The van der Waals surface area contributed by atoms with Crippen LogP contribution in [0.25, 0.3) is 0 Å². The predicted molar refractivity (Wildman–Crippen MR) is 71.6 cm³/mol. The number of nitro benzene ring substituents is 1. The van der Waals surface area contributed by atoms with Crippen molar-refractivity contribution in [2.24, 2.45) is 5.10 Å². The van der Waals surface area contributed by atoms with Crippen LogP contribution in [0.2, 0.25) is 0 Å². The number of aryl methyl sites for hydroxylation is 1. The highest BCUT2D eigenvalue weighted by Crippen LogP contribution is 2.10. The Morgan fingerprint density at radius 1 is 1.35 bits per heavy atom. The van der Waals surface area contributed by atoms with Gasteiger partial charge in [-0.05, 0) is 30.7 Å². The van der Waals surface area contributed by atoms with Gasteiger partial charge in [-0.3, -0.25) is 14.9 Å². The highest BCUT2D eigenvalue weighted by Gasteiger charge is 2.09. The molecular weight excluding hydrogens is 262 g/mol. The summed E-state index contributed by atoms with van der Waals surface area (Å²) in [6.07, 6.45) is 2.82. The van der Waals surface area contributed by atoms with Crippen molar-refractivity contribution in [3.63, 3.8) is 0 Å². The molecule has 1 aromatic carbocycles. The Kier molecular flexibility index (Phi) is 3.90. The zero-order valence-electron chi connectivity index (χ0n) is 10.6. The van der Waals surface area contributed by atoms with Gasteiger partial charge < -0.3 is 4.42 Å². The number of non-ortho nitro benzene ring substituents is 1. The molecule has 0 atom stereocenters. The number of carbonyl (C=O) groups excluding carboxylic acids is 1. The van der Waals surface area contributed by atoms with Crippen molar-refractivity contribution >= 4 is 17.8 Å². The molecule has 2 rings (SSSR count). The number of hydrogen-bond donors (Lipinski definition) is 1. The summed E-state index contributed by atoms with van der Waals surface area (Å²) >= 11 is 0. The largest absolute Gasteiger partial charge is 0.469 e. The van der Waals surface area contributed by atoms with E-state index in [9.17, 15) is 14.9 Å². The Morgan fingerprint density at radius 3 is 2.60 bits per heavy atom. The van der Waals surface area contributed by atoms with Crippen LogP contribution in [0.15, 0.2) is 46.1 Å². The maximum absolute atomic E-state index is 11.7. The van der Waals surface area contributed by atoms with Gasteiger partial charge in [-0.25, -0.2) is 5.43 Å². The first-order chi connectivity index (χ1) is 9.58. The second kappa shape index (κ2) is 5.79. The topological polar surface area (TPSA) is 97.7 Å². The number of carbonyl (C=O) groups is 1. The first-order valence-electron chi connectivity index (χ1n) is 5.70. The monoisotopic (exact) mass is 273 g/mol. The molecule has 7 nitrogen and oxygen atoms in total. The summed E-state index contributed by atoms with van der Waals surface area (Å²) in [5, 5.41) is 14.3. The minimum Gasteiger partial charge on any atom is -0.469 e. The molecule has 0 unspecified atom stereocenters. The maximum atomic E-state index is 11.7. The van der Waals surface area contributed by atoms with E-state index in [1.54, 1.807) is 13.0 Å². The lowest BCUT2D eigenvalue weighted by Gasteiger charge is -1.97. The molecule has 1 amide bonds. The smallest absolute Gasteiger partial charge is 0.274 e. The summed E-state index contributed by atoms with van der Waals surface area (Å²) in [5.41, 5.74) is 3.40. The van der Waals surface area contributed by atoms with Gasteiger partial charge in [-0.1, -0.05) is 0 Å². The maximum Gasteiger partial charge on any atom is 0.274 e. The number of nitrogens with zero attached hydrogens (tertiary/aromatic N) is 2. The standard InChI is InChI=1S/C13H11N3O4/c1-9-12(6-7-20-9)13(17)15-14-8-10-2-4-11(5-3-10)16(18)19/h2-8H,1H3,(H,15,17). The minimum absolute atomic E-state index is 0.000192. The van der Waals surface area contributed by atoms with E-state index < -0.39 is 4.92 Å². The Bertz CT molecular complexity index is 659. The number of nitro groups is 1. The number of furan rings is 1. The predicted octanol–water partition coefficient (Wildman–Crippen LogP) is 2.26. The van der Waals surface area contributed by atoms with Crippen LogP contribution in [0.3, 0.4) is 0 Å². The van der Waals surface area contributed by atoms with Gasteiger partial charge in [0.25, 0.3) is 11.6 Å². The van der Waals surface area contributed by atoms with E-state index in [-0.39, 0.29) is 11.6 Å². The van der Waals surface area contributed by atoms with Gasteiger partial charge >= 0.3 is 0 Å². The molecule has 1 heterocycles. The summed E-state index contributed by atoms with van der Waals surface area (Å²) < 4.78 is 5.01. The third kappa shape index (κ3) is 3.08. The molecule has 0 aliphatic heterocycles. The molecule has 0 radical (unpaired) electrons. The summed E-state index contributed by atoms with van der Waals surface area (Å²) in [7, 11) is 0. The van der Waals surface area contributed by atoms with E-state index in [0.717, 1.165) is 0 Å². The van der Waals surface area contributed by atoms with E-state index in [2.05, 4.69) is 10.5 Å². The van der Waals surface area contributed by atoms with Crippen LogP contribution in [-0.2, 0) is 0 Å². The van der Waals surface area contributed by atoms with E-state index in [1.807, 2.05) is 0 Å². The highest BCUT2D eigenvalue weighted by molar-refractivity contribution is 5.95. The molecule has 0 saturated carbocycles. The summed E-state index contributed by atoms with van der Waals surface area (Å²) in [5.74, 6) is 0.127. The summed E-state index contributed by atoms with van der Waals surface area (Å²) in [6, 6.07) is 7.35. The van der Waals surface area contributed by atoms with Crippen molar-refractivity contribution in [1.82, 2.24) is 5.43 Å². The van der Waals surface area contributed by atoms with Crippen molar-refractivity contribution in [1.29, 1.82) is 0 Å². The average molecular weight is 273 g/mol. The molecule has 2 aromatic rings. The van der Waals surface area contributed by atoms with Crippen molar-refractivity contribution in [2.45, 2.75) is 6.92 Å². The third-order valence-corrected chi connectivity index (χ3v) is 2.59. The number of amides is 1. The number of nitrogens with one attached hydrogen (secondary N) is 1. The molecule has 0 spiro atoms. The van der Waals surface area contributed by atoms with Gasteiger partial charge in [-0.2, -0.15) is 5.10 Å². The number of rotatable bonds is 4. The quantitative estimate of drug-likeness (QED) is 0.524. The zero-order chi connectivity index (χ0) is 14.5. The van der Waals surface area contributed by atoms with Crippen LogP contribution >= 0.6 is 0 Å². The van der Waals surface area contributed by atoms with Crippen molar-refractivity contribution in [2.75, 3.05) is 0 Å².